The molecular formula is C16H16BrN. The van der Waals surface area contributed by atoms with Gasteiger partial charge in [0.1, 0.15) is 0 Å². The highest BCUT2D eigenvalue weighted by molar-refractivity contribution is 9.10. The lowest BCUT2D eigenvalue weighted by atomic mass is 9.99. The molecule has 0 heterocycles. The van der Waals surface area contributed by atoms with E-state index in [-0.39, 0.29) is 0 Å². The van der Waals surface area contributed by atoms with Crippen LogP contribution in [0.3, 0.4) is 0 Å². The first kappa shape index (κ1) is 12.9. The Hall–Kier alpha value is -1.54. The van der Waals surface area contributed by atoms with E-state index in [1.54, 1.807) is 0 Å². The van der Waals surface area contributed by atoms with Crippen molar-refractivity contribution in [2.75, 3.05) is 19.0 Å². The van der Waals surface area contributed by atoms with E-state index in [4.69, 9.17) is 0 Å². The highest BCUT2D eigenvalue weighted by Crippen LogP contribution is 2.29. The molecule has 0 aliphatic heterocycles. The lowest BCUT2D eigenvalue weighted by Crippen LogP contribution is -2.08. The van der Waals surface area contributed by atoms with Crippen LogP contribution in [0.15, 0.2) is 53.5 Å². The Labute approximate surface area is 117 Å². The molecule has 0 N–H and O–H groups in total. The van der Waals surface area contributed by atoms with Gasteiger partial charge in [-0.1, -0.05) is 46.8 Å². The molecule has 0 atom stereocenters. The molecule has 1 nitrogen and oxygen atoms in total. The molecule has 18 heavy (non-hydrogen) atoms. The van der Waals surface area contributed by atoms with E-state index < -0.39 is 0 Å². The smallest absolute Gasteiger partial charge is 0.0367 e. The zero-order chi connectivity index (χ0) is 13.1. The summed E-state index contributed by atoms with van der Waals surface area (Å²) in [7, 11) is 4.09. The minimum absolute atomic E-state index is 1.09. The maximum absolute atomic E-state index is 3.91. The number of hydrogen-bond donors (Lipinski definition) is 0. The van der Waals surface area contributed by atoms with Gasteiger partial charge in [0.2, 0.25) is 0 Å². The van der Waals surface area contributed by atoms with Gasteiger partial charge in [-0.05, 0) is 41.0 Å². The van der Waals surface area contributed by atoms with Gasteiger partial charge in [0.25, 0.3) is 0 Å². The number of nitrogens with zero attached hydrogens (tertiary/aromatic N) is 1. The predicted octanol–water partition coefficient (Wildman–Crippen LogP) is 4.83. The van der Waals surface area contributed by atoms with Crippen LogP contribution in [0.5, 0.6) is 0 Å². The van der Waals surface area contributed by atoms with E-state index >= 15 is 0 Å². The summed E-state index contributed by atoms with van der Waals surface area (Å²) in [5.74, 6) is 0. The molecule has 0 aromatic heterocycles. The van der Waals surface area contributed by atoms with Crippen LogP contribution < -0.4 is 4.90 Å². The standard InChI is InChI=1S/C16H16BrN/c1-4-12-11-15(18(2)3)9-10-16(12)13-5-7-14(17)8-6-13/h4-11H,1H2,2-3H3. The zero-order valence-corrected chi connectivity index (χ0v) is 12.2. The molecule has 0 spiro atoms. The summed E-state index contributed by atoms with van der Waals surface area (Å²) in [5, 5.41) is 0. The summed E-state index contributed by atoms with van der Waals surface area (Å²) >= 11 is 3.46. The summed E-state index contributed by atoms with van der Waals surface area (Å²) in [4.78, 5) is 2.10. The van der Waals surface area contributed by atoms with E-state index in [1.165, 1.54) is 16.8 Å². The van der Waals surface area contributed by atoms with Gasteiger partial charge in [0.15, 0.2) is 0 Å². The average molecular weight is 302 g/mol. The Morgan fingerprint density at radius 3 is 2.28 bits per heavy atom. The number of benzene rings is 2. The van der Waals surface area contributed by atoms with E-state index in [9.17, 15) is 0 Å². The number of anilines is 1. The molecular weight excluding hydrogens is 286 g/mol. The molecule has 0 amide bonds. The molecule has 2 rings (SSSR count). The summed E-state index contributed by atoms with van der Waals surface area (Å²) < 4.78 is 1.09. The molecule has 0 saturated heterocycles. The molecule has 2 aromatic carbocycles. The van der Waals surface area contributed by atoms with Gasteiger partial charge in [-0.3, -0.25) is 0 Å². The zero-order valence-electron chi connectivity index (χ0n) is 10.7. The predicted molar refractivity (Wildman–Crippen MR) is 84.0 cm³/mol. The Kier molecular flexibility index (Phi) is 3.87. The van der Waals surface area contributed by atoms with Crippen LogP contribution in [-0.2, 0) is 0 Å². The van der Waals surface area contributed by atoms with E-state index in [2.05, 4.69) is 69.9 Å². The van der Waals surface area contributed by atoms with Gasteiger partial charge in [0, 0.05) is 24.3 Å². The van der Waals surface area contributed by atoms with Gasteiger partial charge >= 0.3 is 0 Å². The third-order valence-corrected chi connectivity index (χ3v) is 3.46. The van der Waals surface area contributed by atoms with E-state index in [1.807, 2.05) is 20.2 Å². The van der Waals surface area contributed by atoms with Crippen molar-refractivity contribution in [3.05, 3.63) is 59.1 Å². The Balaban J connectivity index is 2.50. The Morgan fingerprint density at radius 2 is 1.72 bits per heavy atom. The van der Waals surface area contributed by atoms with Crippen molar-refractivity contribution in [1.29, 1.82) is 0 Å². The summed E-state index contributed by atoms with van der Waals surface area (Å²) in [6.45, 7) is 3.91. The SMILES string of the molecule is C=Cc1cc(N(C)C)ccc1-c1ccc(Br)cc1. The first-order chi connectivity index (χ1) is 8.61. The van der Waals surface area contributed by atoms with Crippen LogP contribution in [0.1, 0.15) is 5.56 Å². The first-order valence-electron chi connectivity index (χ1n) is 5.81. The van der Waals surface area contributed by atoms with Gasteiger partial charge in [-0.25, -0.2) is 0 Å². The van der Waals surface area contributed by atoms with Crippen LogP contribution in [0.4, 0.5) is 5.69 Å². The minimum Gasteiger partial charge on any atom is -0.378 e. The fourth-order valence-electron chi connectivity index (χ4n) is 1.89. The largest absolute Gasteiger partial charge is 0.378 e. The van der Waals surface area contributed by atoms with E-state index in [0.717, 1.165) is 10.0 Å². The lowest BCUT2D eigenvalue weighted by molar-refractivity contribution is 1.13. The van der Waals surface area contributed by atoms with Crippen LogP contribution >= 0.6 is 15.9 Å². The topological polar surface area (TPSA) is 3.24 Å². The highest BCUT2D eigenvalue weighted by atomic mass is 79.9. The molecule has 0 unspecified atom stereocenters. The normalized spacial score (nSPS) is 10.2. The third-order valence-electron chi connectivity index (χ3n) is 2.93. The monoisotopic (exact) mass is 301 g/mol. The maximum atomic E-state index is 3.91. The van der Waals surface area contributed by atoms with E-state index in [0.29, 0.717) is 0 Å². The number of halogens is 1. The number of rotatable bonds is 3. The summed E-state index contributed by atoms with van der Waals surface area (Å²) in [5.41, 5.74) is 4.76. The second kappa shape index (κ2) is 5.40. The van der Waals surface area contributed by atoms with Crippen LogP contribution in [-0.4, -0.2) is 14.1 Å². The molecule has 0 radical (unpaired) electrons. The summed E-state index contributed by atoms with van der Waals surface area (Å²) in [6.07, 6.45) is 1.91. The van der Waals surface area contributed by atoms with Gasteiger partial charge in [0.05, 0.1) is 0 Å². The van der Waals surface area contributed by atoms with Crippen molar-refractivity contribution in [2.24, 2.45) is 0 Å². The molecule has 0 fully saturated rings. The van der Waals surface area contributed by atoms with Crippen LogP contribution in [0.25, 0.3) is 17.2 Å². The van der Waals surface area contributed by atoms with Crippen LogP contribution in [0.2, 0.25) is 0 Å². The highest BCUT2D eigenvalue weighted by Gasteiger charge is 2.05. The second-order valence-corrected chi connectivity index (χ2v) is 5.29. The van der Waals surface area contributed by atoms with Crippen molar-refractivity contribution in [3.8, 4) is 11.1 Å². The third kappa shape index (κ3) is 2.65. The fraction of sp³-hybridized carbons (Fsp3) is 0.125. The van der Waals surface area contributed by atoms with Crippen molar-refractivity contribution in [3.63, 3.8) is 0 Å². The van der Waals surface area contributed by atoms with Gasteiger partial charge < -0.3 is 4.90 Å². The first-order valence-corrected chi connectivity index (χ1v) is 6.61. The molecule has 92 valence electrons. The van der Waals surface area contributed by atoms with Crippen molar-refractivity contribution < 1.29 is 0 Å². The Bertz CT molecular complexity index is 556. The maximum Gasteiger partial charge on any atom is 0.0367 e. The molecule has 0 bridgehead atoms. The minimum atomic E-state index is 1.09. The summed E-state index contributed by atoms with van der Waals surface area (Å²) in [6, 6.07) is 14.8. The molecule has 2 aromatic rings. The molecule has 0 saturated carbocycles. The molecule has 2 heteroatoms. The second-order valence-electron chi connectivity index (χ2n) is 4.38. The van der Waals surface area contributed by atoms with Crippen molar-refractivity contribution in [2.45, 2.75) is 0 Å². The molecule has 0 aliphatic rings. The van der Waals surface area contributed by atoms with Crippen LogP contribution in [0, 0.1) is 0 Å². The van der Waals surface area contributed by atoms with Crippen molar-refractivity contribution >= 4 is 27.7 Å². The number of hydrogen-bond acceptors (Lipinski definition) is 1. The van der Waals surface area contributed by atoms with Gasteiger partial charge in [-0.2, -0.15) is 0 Å². The van der Waals surface area contributed by atoms with Gasteiger partial charge in [-0.15, -0.1) is 0 Å². The average Bonchev–Trinajstić information content (AvgIpc) is 2.39. The quantitative estimate of drug-likeness (QED) is 0.785. The fourth-order valence-corrected chi connectivity index (χ4v) is 2.15. The van der Waals surface area contributed by atoms with Crippen molar-refractivity contribution in [1.82, 2.24) is 0 Å². The molecule has 0 aliphatic carbocycles. The Morgan fingerprint density at radius 1 is 1.06 bits per heavy atom. The lowest BCUT2D eigenvalue weighted by Gasteiger charge is -2.15.